The largest absolute Gasteiger partial charge is 0.458 e. The molecule has 12 N–H and O–H groups in total. The third-order valence-corrected chi connectivity index (χ3v) is 17.7. The molecule has 6 heterocycles. The maximum Gasteiger partial charge on any atom is 0.343 e. The van der Waals surface area contributed by atoms with Gasteiger partial charge in [0.1, 0.15) is 61.8 Å². The molecular weight excluding hydrogens is 1230 g/mol. The number of amides is 9. The predicted molar refractivity (Wildman–Crippen MR) is 327 cm³/mol. The van der Waals surface area contributed by atoms with Crippen LogP contribution in [0.4, 0.5) is 4.39 Å². The van der Waals surface area contributed by atoms with Crippen molar-refractivity contribution in [2.75, 3.05) is 52.7 Å². The topological polar surface area (TPSA) is 422 Å². The highest BCUT2D eigenvalue weighted by Crippen LogP contribution is 2.47. The van der Waals surface area contributed by atoms with Crippen molar-refractivity contribution in [1.29, 1.82) is 0 Å². The number of benzene rings is 2. The summed E-state index contributed by atoms with van der Waals surface area (Å²) in [6.07, 6.45) is -3.21. The number of carbonyl (C=O) groups excluding carboxylic acids is 10. The monoisotopic (exact) mass is 1310 g/mol. The minimum atomic E-state index is -2.04. The Kier molecular flexibility index (Phi) is 22.8. The Balaban J connectivity index is 0.744. The number of pyridine rings is 2. The number of nitrogens with zero attached hydrogens (tertiary/aromatic N) is 3. The molecule has 2 aromatic heterocycles. The number of halogens is 1. The van der Waals surface area contributed by atoms with E-state index >= 15 is 4.39 Å². The lowest BCUT2D eigenvalue weighted by Gasteiger charge is -2.40. The van der Waals surface area contributed by atoms with Gasteiger partial charge < -0.3 is 81.5 Å². The number of hydrogen-bond donors (Lipinski definition) is 12. The van der Waals surface area contributed by atoms with Crippen molar-refractivity contribution in [3.05, 3.63) is 110 Å². The average molecular weight is 1310 g/mol. The molecule has 2 unspecified atom stereocenters. The molecule has 1 aliphatic carbocycles. The van der Waals surface area contributed by atoms with E-state index in [0.29, 0.717) is 66.6 Å². The maximum absolute atomic E-state index is 15.5. The van der Waals surface area contributed by atoms with Crippen LogP contribution in [-0.2, 0) is 93.8 Å². The van der Waals surface area contributed by atoms with Crippen LogP contribution in [0.5, 0.6) is 0 Å². The molecule has 0 bridgehead atoms. The van der Waals surface area contributed by atoms with Gasteiger partial charge in [-0.05, 0) is 86.1 Å². The number of esters is 1. The average Bonchev–Trinajstić information content (AvgIpc) is 1.48. The van der Waals surface area contributed by atoms with Gasteiger partial charge in [-0.25, -0.2) is 14.2 Å². The molecule has 29 nitrogen and oxygen atoms in total. The van der Waals surface area contributed by atoms with Gasteiger partial charge in [0.15, 0.2) is 5.60 Å². The van der Waals surface area contributed by atoms with Crippen molar-refractivity contribution in [2.45, 2.75) is 152 Å². The number of carbonyl (C=O) groups is 10. The van der Waals surface area contributed by atoms with E-state index in [1.165, 1.54) is 10.6 Å². The number of unbranched alkanes of at least 4 members (excludes halogenated alkanes) is 2. The first-order chi connectivity index (χ1) is 45.0. The summed E-state index contributed by atoms with van der Waals surface area (Å²) in [5.74, 6) is -7.55. The van der Waals surface area contributed by atoms with Gasteiger partial charge in [0.05, 0.1) is 55.3 Å². The predicted octanol–water partition coefficient (Wildman–Crippen LogP) is -2.18. The number of aliphatic hydroxyl groups excluding tert-OH is 4. The molecule has 9 atom stereocenters. The van der Waals surface area contributed by atoms with Crippen LogP contribution in [-0.4, -0.2) is 194 Å². The number of ether oxygens (including phenoxy) is 3. The van der Waals surface area contributed by atoms with Crippen molar-refractivity contribution in [3.63, 3.8) is 0 Å². The lowest BCUT2D eigenvalue weighted by Crippen LogP contribution is -2.60. The van der Waals surface area contributed by atoms with E-state index < -0.39 is 151 Å². The lowest BCUT2D eigenvalue weighted by atomic mass is 9.77. The summed E-state index contributed by atoms with van der Waals surface area (Å²) < 4.78 is 33.6. The zero-order chi connectivity index (χ0) is 67.5. The Bertz CT molecular complexity index is 3680. The first-order valence-electron chi connectivity index (χ1n) is 31.2. The van der Waals surface area contributed by atoms with Gasteiger partial charge >= 0.3 is 5.97 Å². The van der Waals surface area contributed by atoms with Crippen LogP contribution in [0.15, 0.2) is 59.4 Å². The number of aryl methyl sites for hydroxylation is 1. The summed E-state index contributed by atoms with van der Waals surface area (Å²) in [6.45, 7) is 0.256. The van der Waals surface area contributed by atoms with Crippen molar-refractivity contribution in [1.82, 2.24) is 51.7 Å². The van der Waals surface area contributed by atoms with Crippen LogP contribution in [0.1, 0.15) is 110 Å². The number of nitrogens with one attached hydrogen (secondary N) is 7. The highest BCUT2D eigenvalue weighted by Gasteiger charge is 2.47. The molecule has 1 saturated heterocycles. The van der Waals surface area contributed by atoms with Crippen LogP contribution in [0.25, 0.3) is 22.3 Å². The first-order valence-corrected chi connectivity index (χ1v) is 31.2. The third-order valence-electron chi connectivity index (χ3n) is 17.7. The van der Waals surface area contributed by atoms with Gasteiger partial charge in [-0.15, -0.1) is 0 Å². The van der Waals surface area contributed by atoms with E-state index in [-0.39, 0.29) is 82.3 Å². The molecule has 9 rings (SSSR count). The smallest absolute Gasteiger partial charge is 0.343 e. The zero-order valence-corrected chi connectivity index (χ0v) is 51.8. The van der Waals surface area contributed by atoms with Gasteiger partial charge in [-0.3, -0.25) is 52.8 Å². The Hall–Kier alpha value is -8.91. The Labute approximate surface area is 537 Å². The molecule has 30 heteroatoms. The molecule has 4 aliphatic heterocycles. The molecule has 5 aliphatic rings. The van der Waals surface area contributed by atoms with E-state index in [1.807, 2.05) is 0 Å². The van der Waals surface area contributed by atoms with Crippen LogP contribution < -0.4 is 42.8 Å². The minimum Gasteiger partial charge on any atom is -0.458 e. The van der Waals surface area contributed by atoms with Gasteiger partial charge in [-0.1, -0.05) is 43.7 Å². The van der Waals surface area contributed by atoms with Crippen LogP contribution in [0.2, 0.25) is 0 Å². The van der Waals surface area contributed by atoms with E-state index in [2.05, 4.69) is 37.2 Å². The van der Waals surface area contributed by atoms with E-state index in [0.717, 1.165) is 39.1 Å². The zero-order valence-electron chi connectivity index (χ0n) is 51.8. The number of cyclic esters (lactones) is 1. The highest BCUT2D eigenvalue weighted by atomic mass is 19.1. The normalized spacial score (nSPS) is 21.5. The van der Waals surface area contributed by atoms with Gasteiger partial charge in [0.25, 0.3) is 17.4 Å². The van der Waals surface area contributed by atoms with Crippen molar-refractivity contribution in [3.8, 4) is 11.4 Å². The molecular formula is C64H77FN10O19. The number of aromatic nitrogens is 2. The quantitative estimate of drug-likeness (QED) is 0.0101. The third kappa shape index (κ3) is 15.8. The molecule has 2 aromatic carbocycles. The van der Waals surface area contributed by atoms with Gasteiger partial charge in [0.2, 0.25) is 41.4 Å². The van der Waals surface area contributed by atoms with E-state index in [4.69, 9.17) is 19.2 Å². The van der Waals surface area contributed by atoms with Crippen molar-refractivity contribution >= 4 is 70.0 Å². The molecule has 0 spiro atoms. The van der Waals surface area contributed by atoms with Crippen molar-refractivity contribution < 1.29 is 92.1 Å². The molecule has 0 saturated carbocycles. The summed E-state index contributed by atoms with van der Waals surface area (Å²) in [4.78, 5) is 149. The molecule has 9 amide bonds. The number of hydrogen-bond acceptors (Lipinski definition) is 20. The number of aliphatic hydroxyl groups is 5. The summed E-state index contributed by atoms with van der Waals surface area (Å²) >= 11 is 0. The van der Waals surface area contributed by atoms with E-state index in [9.17, 15) is 78.3 Å². The highest BCUT2D eigenvalue weighted by molar-refractivity contribution is 6.12. The Morgan fingerprint density at radius 1 is 0.777 bits per heavy atom. The number of fused-ring (bicyclic) bond motifs is 5. The standard InChI is InChI=1S/C64H77FN10O19/c1-3-64(91)39-23-44-56-37(29-75(44)62(89)38(39)31-93-63(64)90)54-35(13-14-36-33(2)40(65)24-42(73-56)55(36)54)19-21-92-32-70-50(80)27-69-61(88)43(22-34-10-6-4-7-11-34)72-51(81)28-67-49(79)26-68-60(87)41(71-48(78)12-8-5-9-20-74-52(82)17-18-53(74)83)15-16-47(77)66-25-45-57(84)59(86)58(85)46(30-76)94-45/h4,6-7,10-11,17-18,23-24,35,41,43,45-46,57-59,76,84-86,91H,3,5,8-9,12-16,19-22,25-32H2,1-2H3,(H,66,77)(H,67,79)(H,68,87)(H,69,88)(H,70,80)(H,71,78)(H,72,81)/t35?,41?,43-,45-,46+,57-,58+,59+,64-/m0/s1. The maximum atomic E-state index is 15.5. The second kappa shape index (κ2) is 30.9. The molecule has 1 fully saturated rings. The fourth-order valence-corrected chi connectivity index (χ4v) is 12.4. The second-order valence-electron chi connectivity index (χ2n) is 23.8. The fraction of sp³-hybridized carbons (Fsp3) is 0.500. The first kappa shape index (κ1) is 69.4. The van der Waals surface area contributed by atoms with Crippen LogP contribution in [0.3, 0.4) is 0 Å². The van der Waals surface area contributed by atoms with Crippen molar-refractivity contribution in [2.24, 2.45) is 0 Å². The SMILES string of the molecule is CC[C@@]1(O)C(=O)OCc2c1cc1n(c2=O)Cc2c-1nc1cc(F)c(C)c3c1c2C(CCOCNC(=O)CNC(=O)[C@H](Cc1ccccc1)NC(=O)CNC(=O)CNC(=O)C(CCC(=O)NC[C@@H]1O[C@H](CO)[C@@H](O)[C@H](O)[C@H]1O)NC(=O)CCCCCN1C(=O)C=CC1=O)CC3. The van der Waals surface area contributed by atoms with Crippen LogP contribution >= 0.6 is 0 Å². The molecule has 0 radical (unpaired) electrons. The number of imide groups is 1. The lowest BCUT2D eigenvalue weighted by molar-refractivity contribution is -0.227. The summed E-state index contributed by atoms with van der Waals surface area (Å²) in [5, 5.41) is 69.8. The second-order valence-corrected chi connectivity index (χ2v) is 23.8. The van der Waals surface area contributed by atoms with E-state index in [1.54, 1.807) is 50.2 Å². The summed E-state index contributed by atoms with van der Waals surface area (Å²) in [5.41, 5.74) is 2.69. The Morgan fingerprint density at radius 3 is 2.17 bits per heavy atom. The number of rotatable bonds is 30. The molecule has 4 aromatic rings. The summed E-state index contributed by atoms with van der Waals surface area (Å²) in [6, 6.07) is 8.97. The molecule has 504 valence electrons. The van der Waals surface area contributed by atoms with Crippen LogP contribution in [0, 0.1) is 12.7 Å². The molecule has 94 heavy (non-hydrogen) atoms. The fourth-order valence-electron chi connectivity index (χ4n) is 12.4. The summed E-state index contributed by atoms with van der Waals surface area (Å²) in [7, 11) is 0. The Morgan fingerprint density at radius 2 is 1.46 bits per heavy atom. The minimum absolute atomic E-state index is 0.0272. The van der Waals surface area contributed by atoms with Gasteiger partial charge in [0, 0.05) is 73.7 Å². The van der Waals surface area contributed by atoms with Gasteiger partial charge in [-0.2, -0.15) is 0 Å².